The maximum Gasteiger partial charge on any atom is 0.169 e. The summed E-state index contributed by atoms with van der Waals surface area (Å²) < 4.78 is 1.98. The van der Waals surface area contributed by atoms with Crippen molar-refractivity contribution in [3.8, 4) is 28.3 Å². The second-order valence-corrected chi connectivity index (χ2v) is 7.50. The molecule has 2 heterocycles. The lowest BCUT2D eigenvalue weighted by molar-refractivity contribution is 0.151. The summed E-state index contributed by atoms with van der Waals surface area (Å²) in [6, 6.07) is 20.0. The Kier molecular flexibility index (Phi) is 5.74. The van der Waals surface area contributed by atoms with Crippen LogP contribution in [0.15, 0.2) is 60.7 Å². The minimum Gasteiger partial charge on any atom is -0.504 e. The van der Waals surface area contributed by atoms with E-state index < -0.39 is 0 Å². The number of likely N-dealkylation sites (N-methyl/N-ethyl adjacent to an activating group) is 1. The van der Waals surface area contributed by atoms with Gasteiger partial charge < -0.3 is 14.9 Å². The number of piperazine rings is 1. The van der Waals surface area contributed by atoms with Gasteiger partial charge in [0.1, 0.15) is 11.4 Å². The standard InChI is InChI=1S/C23H28N4O/c1-25-15-17-26(18-16-25)13-8-14-27-22(20-11-6-3-7-12-20)23(28)21(24-27)19-9-4-2-5-10-19/h2-7,9-12,28H,8,13-18H2,1H3. The average Bonchev–Trinajstić information content (AvgIpc) is 3.07. The molecule has 5 nitrogen and oxygen atoms in total. The molecular formula is C23H28N4O. The van der Waals surface area contributed by atoms with Crippen LogP contribution >= 0.6 is 0 Å². The van der Waals surface area contributed by atoms with E-state index in [9.17, 15) is 5.11 Å². The molecule has 146 valence electrons. The van der Waals surface area contributed by atoms with Crippen molar-refractivity contribution in [1.29, 1.82) is 0 Å². The quantitative estimate of drug-likeness (QED) is 0.714. The summed E-state index contributed by atoms with van der Waals surface area (Å²) in [7, 11) is 2.18. The summed E-state index contributed by atoms with van der Waals surface area (Å²) in [6.07, 6.45) is 1.01. The molecule has 1 aromatic heterocycles. The van der Waals surface area contributed by atoms with E-state index in [4.69, 9.17) is 5.10 Å². The molecule has 2 aromatic carbocycles. The predicted molar refractivity (Wildman–Crippen MR) is 113 cm³/mol. The van der Waals surface area contributed by atoms with Gasteiger partial charge in [-0.15, -0.1) is 0 Å². The Labute approximate surface area is 166 Å². The SMILES string of the molecule is CN1CCN(CCCn2nc(-c3ccccc3)c(O)c2-c2ccccc2)CC1. The highest BCUT2D eigenvalue weighted by atomic mass is 16.3. The molecule has 4 rings (SSSR count). The molecule has 28 heavy (non-hydrogen) atoms. The van der Waals surface area contributed by atoms with Crippen LogP contribution in [0.25, 0.3) is 22.5 Å². The fourth-order valence-corrected chi connectivity index (χ4v) is 3.80. The number of hydrogen-bond acceptors (Lipinski definition) is 4. The van der Waals surface area contributed by atoms with Gasteiger partial charge in [0.2, 0.25) is 0 Å². The lowest BCUT2D eigenvalue weighted by Crippen LogP contribution is -2.44. The number of benzene rings is 2. The summed E-state index contributed by atoms with van der Waals surface area (Å²) >= 11 is 0. The van der Waals surface area contributed by atoms with Crippen LogP contribution in [0.5, 0.6) is 5.75 Å². The van der Waals surface area contributed by atoms with Crippen LogP contribution in [-0.4, -0.2) is 64.5 Å². The summed E-state index contributed by atoms with van der Waals surface area (Å²) in [5.74, 6) is 0.261. The topological polar surface area (TPSA) is 44.5 Å². The minimum atomic E-state index is 0.261. The van der Waals surface area contributed by atoms with Crippen LogP contribution < -0.4 is 0 Å². The van der Waals surface area contributed by atoms with E-state index >= 15 is 0 Å². The van der Waals surface area contributed by atoms with E-state index in [1.54, 1.807) is 0 Å². The van der Waals surface area contributed by atoms with Crippen LogP contribution in [0.1, 0.15) is 6.42 Å². The lowest BCUT2D eigenvalue weighted by Gasteiger charge is -2.32. The van der Waals surface area contributed by atoms with Crippen LogP contribution in [0.2, 0.25) is 0 Å². The zero-order valence-corrected chi connectivity index (χ0v) is 16.5. The van der Waals surface area contributed by atoms with Crippen molar-refractivity contribution in [3.05, 3.63) is 60.7 Å². The van der Waals surface area contributed by atoms with E-state index in [0.717, 1.165) is 62.5 Å². The van der Waals surface area contributed by atoms with Gasteiger partial charge >= 0.3 is 0 Å². The van der Waals surface area contributed by atoms with E-state index in [2.05, 4.69) is 16.8 Å². The number of aromatic nitrogens is 2. The number of hydrogen-bond donors (Lipinski definition) is 1. The number of aryl methyl sites for hydroxylation is 1. The second-order valence-electron chi connectivity index (χ2n) is 7.50. The zero-order chi connectivity index (χ0) is 19.3. The molecule has 0 unspecified atom stereocenters. The molecule has 0 spiro atoms. The van der Waals surface area contributed by atoms with Gasteiger partial charge in [0, 0.05) is 43.9 Å². The maximum absolute atomic E-state index is 11.0. The van der Waals surface area contributed by atoms with Crippen molar-refractivity contribution < 1.29 is 5.11 Å². The molecule has 0 saturated carbocycles. The molecule has 1 saturated heterocycles. The Hall–Kier alpha value is -2.63. The van der Waals surface area contributed by atoms with Crippen molar-refractivity contribution in [2.75, 3.05) is 39.8 Å². The number of rotatable bonds is 6. The highest BCUT2D eigenvalue weighted by Crippen LogP contribution is 2.37. The Bertz CT molecular complexity index is 884. The van der Waals surface area contributed by atoms with Crippen LogP contribution in [0.4, 0.5) is 0 Å². The monoisotopic (exact) mass is 376 g/mol. The lowest BCUT2D eigenvalue weighted by atomic mass is 10.1. The normalized spacial score (nSPS) is 15.8. The van der Waals surface area contributed by atoms with Crippen molar-refractivity contribution in [2.45, 2.75) is 13.0 Å². The third kappa shape index (κ3) is 4.11. The number of nitrogens with zero attached hydrogens (tertiary/aromatic N) is 4. The third-order valence-corrected chi connectivity index (χ3v) is 5.46. The minimum absolute atomic E-state index is 0.261. The molecule has 1 N–H and O–H groups in total. The summed E-state index contributed by atoms with van der Waals surface area (Å²) in [6.45, 7) is 6.37. The molecule has 0 amide bonds. The number of aromatic hydroxyl groups is 1. The molecule has 1 fully saturated rings. The van der Waals surface area contributed by atoms with E-state index in [0.29, 0.717) is 5.69 Å². The van der Waals surface area contributed by atoms with Crippen molar-refractivity contribution in [1.82, 2.24) is 19.6 Å². The zero-order valence-electron chi connectivity index (χ0n) is 16.5. The molecule has 1 aliphatic heterocycles. The Morgan fingerprint density at radius 2 is 1.43 bits per heavy atom. The average molecular weight is 377 g/mol. The molecule has 0 radical (unpaired) electrons. The Morgan fingerprint density at radius 1 is 0.821 bits per heavy atom. The van der Waals surface area contributed by atoms with Gasteiger partial charge in [-0.05, 0) is 20.0 Å². The highest BCUT2D eigenvalue weighted by molar-refractivity contribution is 5.77. The van der Waals surface area contributed by atoms with Crippen LogP contribution in [-0.2, 0) is 6.54 Å². The molecule has 0 atom stereocenters. The molecule has 5 heteroatoms. The smallest absolute Gasteiger partial charge is 0.169 e. The van der Waals surface area contributed by atoms with Crippen LogP contribution in [0.3, 0.4) is 0 Å². The van der Waals surface area contributed by atoms with Gasteiger partial charge in [0.15, 0.2) is 5.75 Å². The molecule has 0 bridgehead atoms. The first-order chi connectivity index (χ1) is 13.7. The summed E-state index contributed by atoms with van der Waals surface area (Å²) in [5.41, 5.74) is 3.39. The van der Waals surface area contributed by atoms with Gasteiger partial charge in [0.05, 0.1) is 0 Å². The Balaban J connectivity index is 1.57. The summed E-state index contributed by atoms with van der Waals surface area (Å²) in [4.78, 5) is 4.89. The van der Waals surface area contributed by atoms with Gasteiger partial charge in [-0.1, -0.05) is 60.7 Å². The van der Waals surface area contributed by atoms with Crippen molar-refractivity contribution in [3.63, 3.8) is 0 Å². The van der Waals surface area contributed by atoms with Crippen molar-refractivity contribution in [2.24, 2.45) is 0 Å². The maximum atomic E-state index is 11.0. The molecular weight excluding hydrogens is 348 g/mol. The second kappa shape index (κ2) is 8.59. The van der Waals surface area contributed by atoms with E-state index in [-0.39, 0.29) is 5.75 Å². The van der Waals surface area contributed by atoms with Gasteiger partial charge in [-0.2, -0.15) is 5.10 Å². The van der Waals surface area contributed by atoms with Gasteiger partial charge in [-0.25, -0.2) is 0 Å². The van der Waals surface area contributed by atoms with Gasteiger partial charge in [-0.3, -0.25) is 4.68 Å². The van der Waals surface area contributed by atoms with E-state index in [1.165, 1.54) is 0 Å². The predicted octanol–water partition coefficient (Wildman–Crippen LogP) is 3.56. The highest BCUT2D eigenvalue weighted by Gasteiger charge is 2.20. The molecule has 1 aliphatic rings. The molecule has 3 aromatic rings. The Morgan fingerprint density at radius 3 is 2.07 bits per heavy atom. The summed E-state index contributed by atoms with van der Waals surface area (Å²) in [5, 5.41) is 15.8. The largest absolute Gasteiger partial charge is 0.504 e. The first-order valence-electron chi connectivity index (χ1n) is 10.0. The van der Waals surface area contributed by atoms with Crippen molar-refractivity contribution >= 4 is 0 Å². The first kappa shape index (κ1) is 18.7. The van der Waals surface area contributed by atoms with Gasteiger partial charge in [0.25, 0.3) is 0 Å². The third-order valence-electron chi connectivity index (χ3n) is 5.46. The van der Waals surface area contributed by atoms with Crippen LogP contribution in [0, 0.1) is 0 Å². The first-order valence-corrected chi connectivity index (χ1v) is 10.0. The van der Waals surface area contributed by atoms with E-state index in [1.807, 2.05) is 65.3 Å². The fraction of sp³-hybridized carbons (Fsp3) is 0.348. The molecule has 0 aliphatic carbocycles. The fourth-order valence-electron chi connectivity index (χ4n) is 3.80.